The Morgan fingerprint density at radius 2 is 2.00 bits per heavy atom. The number of nitrogens with one attached hydrogen (secondary N) is 2. The van der Waals surface area contributed by atoms with Crippen LogP contribution in [0.3, 0.4) is 0 Å². The topological polar surface area (TPSA) is 101 Å². The molecule has 0 amide bonds. The van der Waals surface area contributed by atoms with Crippen molar-refractivity contribution >= 4 is 15.7 Å². The fraction of sp³-hybridized carbons (Fsp3) is 0.455. The molecule has 0 saturated carbocycles. The van der Waals surface area contributed by atoms with Crippen molar-refractivity contribution in [1.29, 1.82) is 0 Å². The molecule has 2 N–H and O–H groups in total. The van der Waals surface area contributed by atoms with Gasteiger partial charge in [0.25, 0.3) is 5.69 Å². The Hall–Kier alpha value is -1.51. The lowest BCUT2D eigenvalue weighted by Crippen LogP contribution is -2.31. The predicted molar refractivity (Wildman–Crippen MR) is 71.6 cm³/mol. The van der Waals surface area contributed by atoms with Gasteiger partial charge in [0.2, 0.25) is 10.0 Å². The van der Waals surface area contributed by atoms with E-state index in [1.54, 1.807) is 0 Å². The fourth-order valence-electron chi connectivity index (χ4n) is 1.53. The minimum Gasteiger partial charge on any atom is -0.316 e. The summed E-state index contributed by atoms with van der Waals surface area (Å²) in [5.74, 6) is 0. The zero-order chi connectivity index (χ0) is 14.5. The predicted octanol–water partition coefficient (Wildman–Crippen LogP) is 0.791. The van der Waals surface area contributed by atoms with Crippen molar-refractivity contribution in [1.82, 2.24) is 10.0 Å². The van der Waals surface area contributed by atoms with Crippen molar-refractivity contribution in [3.05, 3.63) is 33.9 Å². The Morgan fingerprint density at radius 3 is 2.53 bits per heavy atom. The molecule has 8 heteroatoms. The number of benzene rings is 1. The van der Waals surface area contributed by atoms with Crippen molar-refractivity contribution in [3.63, 3.8) is 0 Å². The van der Waals surface area contributed by atoms with Gasteiger partial charge in [0.1, 0.15) is 0 Å². The summed E-state index contributed by atoms with van der Waals surface area (Å²) >= 11 is 0. The average Bonchev–Trinajstić information content (AvgIpc) is 2.34. The van der Waals surface area contributed by atoms with Crippen LogP contribution in [0.5, 0.6) is 0 Å². The van der Waals surface area contributed by atoms with Gasteiger partial charge in [0.05, 0.1) is 9.82 Å². The van der Waals surface area contributed by atoms with E-state index in [-0.39, 0.29) is 17.1 Å². The number of rotatable bonds is 7. The lowest BCUT2D eigenvalue weighted by molar-refractivity contribution is -0.385. The van der Waals surface area contributed by atoms with Crippen LogP contribution in [0.15, 0.2) is 23.1 Å². The summed E-state index contributed by atoms with van der Waals surface area (Å²) < 4.78 is 26.3. The molecule has 0 atom stereocenters. The molecular formula is C11H17N3O4S. The van der Waals surface area contributed by atoms with Crippen LogP contribution in [0, 0.1) is 17.0 Å². The first-order chi connectivity index (χ1) is 8.88. The van der Waals surface area contributed by atoms with Gasteiger partial charge in [-0.1, -0.05) is 6.92 Å². The summed E-state index contributed by atoms with van der Waals surface area (Å²) in [7, 11) is -3.62. The molecule has 0 aliphatic heterocycles. The quantitative estimate of drug-likeness (QED) is 0.438. The van der Waals surface area contributed by atoms with Crippen LogP contribution in [0.1, 0.15) is 12.5 Å². The van der Waals surface area contributed by atoms with Gasteiger partial charge < -0.3 is 5.32 Å². The molecule has 0 spiro atoms. The van der Waals surface area contributed by atoms with E-state index >= 15 is 0 Å². The zero-order valence-corrected chi connectivity index (χ0v) is 11.7. The largest absolute Gasteiger partial charge is 0.316 e. The van der Waals surface area contributed by atoms with Crippen molar-refractivity contribution in [2.75, 3.05) is 19.6 Å². The van der Waals surface area contributed by atoms with E-state index in [9.17, 15) is 18.5 Å². The Balaban J connectivity index is 2.84. The first-order valence-electron chi connectivity index (χ1n) is 5.84. The average molecular weight is 287 g/mol. The van der Waals surface area contributed by atoms with Crippen molar-refractivity contribution in [2.45, 2.75) is 18.7 Å². The molecule has 19 heavy (non-hydrogen) atoms. The number of hydrogen-bond donors (Lipinski definition) is 2. The summed E-state index contributed by atoms with van der Waals surface area (Å²) in [6, 6.07) is 3.74. The standard InChI is InChI=1S/C11H17N3O4S/c1-3-12-6-7-13-19(17,18)10-4-5-11(14(15)16)9(2)8-10/h4-5,8,12-13H,3,6-7H2,1-2H3. The first kappa shape index (κ1) is 15.5. The van der Waals surface area contributed by atoms with Gasteiger partial charge in [-0.2, -0.15) is 0 Å². The van der Waals surface area contributed by atoms with E-state index < -0.39 is 14.9 Å². The van der Waals surface area contributed by atoms with E-state index in [0.717, 1.165) is 6.54 Å². The fourth-order valence-corrected chi connectivity index (χ4v) is 2.65. The monoisotopic (exact) mass is 287 g/mol. The Labute approximate surface area is 112 Å². The highest BCUT2D eigenvalue weighted by Gasteiger charge is 2.17. The molecule has 0 fully saturated rings. The highest BCUT2D eigenvalue weighted by molar-refractivity contribution is 7.89. The molecule has 106 valence electrons. The molecule has 0 heterocycles. The van der Waals surface area contributed by atoms with Gasteiger partial charge in [0, 0.05) is 24.7 Å². The van der Waals surface area contributed by atoms with Gasteiger partial charge in [-0.05, 0) is 25.6 Å². The van der Waals surface area contributed by atoms with Crippen LogP contribution in [0.4, 0.5) is 5.69 Å². The number of sulfonamides is 1. The number of likely N-dealkylation sites (N-methyl/N-ethyl adjacent to an activating group) is 1. The summed E-state index contributed by atoms with van der Waals surface area (Å²) in [4.78, 5) is 10.2. The van der Waals surface area contributed by atoms with E-state index in [2.05, 4.69) is 10.0 Å². The lowest BCUT2D eigenvalue weighted by atomic mass is 10.2. The minimum atomic E-state index is -3.62. The molecule has 0 aliphatic rings. The van der Waals surface area contributed by atoms with Gasteiger partial charge in [-0.3, -0.25) is 10.1 Å². The van der Waals surface area contributed by atoms with Crippen LogP contribution in [-0.2, 0) is 10.0 Å². The maximum atomic E-state index is 11.9. The normalized spacial score (nSPS) is 11.5. The second kappa shape index (κ2) is 6.60. The van der Waals surface area contributed by atoms with Crippen LogP contribution in [0.2, 0.25) is 0 Å². The molecule has 1 aromatic rings. The molecule has 0 unspecified atom stereocenters. The molecule has 0 bridgehead atoms. The second-order valence-electron chi connectivity index (χ2n) is 3.96. The third-order valence-corrected chi connectivity index (χ3v) is 3.98. The Morgan fingerprint density at radius 1 is 1.32 bits per heavy atom. The number of nitro groups is 1. The van der Waals surface area contributed by atoms with Gasteiger partial charge in [-0.25, -0.2) is 13.1 Å². The molecule has 0 aliphatic carbocycles. The second-order valence-corrected chi connectivity index (χ2v) is 5.72. The third-order valence-electron chi connectivity index (χ3n) is 2.52. The number of hydrogen-bond acceptors (Lipinski definition) is 5. The van der Waals surface area contributed by atoms with Gasteiger partial charge >= 0.3 is 0 Å². The van der Waals surface area contributed by atoms with E-state index in [0.29, 0.717) is 12.1 Å². The third kappa shape index (κ3) is 4.27. The SMILES string of the molecule is CCNCCNS(=O)(=O)c1ccc([N+](=O)[O-])c(C)c1. The molecule has 1 rings (SSSR count). The zero-order valence-electron chi connectivity index (χ0n) is 10.8. The van der Waals surface area contributed by atoms with Crippen LogP contribution in [0.25, 0.3) is 0 Å². The number of aryl methyl sites for hydroxylation is 1. The highest BCUT2D eigenvalue weighted by Crippen LogP contribution is 2.21. The maximum absolute atomic E-state index is 11.9. The molecular weight excluding hydrogens is 270 g/mol. The highest BCUT2D eigenvalue weighted by atomic mass is 32.2. The molecule has 7 nitrogen and oxygen atoms in total. The molecule has 0 saturated heterocycles. The Kier molecular flexibility index (Phi) is 5.40. The Bertz CT molecular complexity index is 557. The van der Waals surface area contributed by atoms with Crippen molar-refractivity contribution in [2.24, 2.45) is 0 Å². The minimum absolute atomic E-state index is 0.0344. The van der Waals surface area contributed by atoms with Crippen LogP contribution < -0.4 is 10.0 Å². The van der Waals surface area contributed by atoms with E-state index in [4.69, 9.17) is 0 Å². The van der Waals surface area contributed by atoms with Gasteiger partial charge in [-0.15, -0.1) is 0 Å². The summed E-state index contributed by atoms with van der Waals surface area (Å²) in [5.41, 5.74) is 0.228. The molecule has 0 radical (unpaired) electrons. The first-order valence-corrected chi connectivity index (χ1v) is 7.32. The van der Waals surface area contributed by atoms with E-state index in [1.165, 1.54) is 25.1 Å². The number of nitrogens with zero attached hydrogens (tertiary/aromatic N) is 1. The number of nitro benzene ring substituents is 1. The maximum Gasteiger partial charge on any atom is 0.272 e. The molecule has 0 aromatic heterocycles. The van der Waals surface area contributed by atoms with Crippen molar-refractivity contribution < 1.29 is 13.3 Å². The van der Waals surface area contributed by atoms with Gasteiger partial charge in [0.15, 0.2) is 0 Å². The van der Waals surface area contributed by atoms with Crippen LogP contribution in [-0.4, -0.2) is 33.0 Å². The smallest absolute Gasteiger partial charge is 0.272 e. The van der Waals surface area contributed by atoms with E-state index in [1.807, 2.05) is 6.92 Å². The van der Waals surface area contributed by atoms with Crippen LogP contribution >= 0.6 is 0 Å². The lowest BCUT2D eigenvalue weighted by Gasteiger charge is -2.07. The summed E-state index contributed by atoms with van der Waals surface area (Å²) in [6.07, 6.45) is 0. The summed E-state index contributed by atoms with van der Waals surface area (Å²) in [6.45, 7) is 5.00. The van der Waals surface area contributed by atoms with Crippen molar-refractivity contribution in [3.8, 4) is 0 Å². The summed E-state index contributed by atoms with van der Waals surface area (Å²) in [5, 5.41) is 13.7. The molecule has 1 aromatic carbocycles.